The van der Waals surface area contributed by atoms with Gasteiger partial charge in [-0.1, -0.05) is 29.8 Å². The minimum absolute atomic E-state index is 0.0435. The molecule has 2 amide bonds. The van der Waals surface area contributed by atoms with E-state index in [1.807, 2.05) is 0 Å². The lowest BCUT2D eigenvalue weighted by Gasteiger charge is -2.09. The largest absolute Gasteiger partial charge is 0.459 e. The van der Waals surface area contributed by atoms with Crippen LogP contribution in [-0.2, 0) is 6.54 Å². The molecule has 0 saturated heterocycles. The van der Waals surface area contributed by atoms with E-state index in [4.69, 9.17) is 16.0 Å². The highest BCUT2D eigenvalue weighted by Gasteiger charge is 2.15. The average molecular weight is 373 g/mol. The van der Waals surface area contributed by atoms with E-state index in [9.17, 15) is 14.0 Å². The van der Waals surface area contributed by atoms with Crippen LogP contribution in [0.25, 0.3) is 0 Å². The molecule has 0 fully saturated rings. The molecule has 2 N–H and O–H groups in total. The number of anilines is 1. The van der Waals surface area contributed by atoms with Gasteiger partial charge < -0.3 is 15.1 Å². The number of benzene rings is 2. The SMILES string of the molecule is O=C(Nc1cccc(CNC(=O)c2c(F)cccc2Cl)c1)c1ccco1. The molecule has 0 unspecified atom stereocenters. The molecule has 5 nitrogen and oxygen atoms in total. The van der Waals surface area contributed by atoms with Crippen LogP contribution in [-0.4, -0.2) is 11.8 Å². The van der Waals surface area contributed by atoms with Crippen molar-refractivity contribution in [3.8, 4) is 0 Å². The highest BCUT2D eigenvalue weighted by Crippen LogP contribution is 2.19. The van der Waals surface area contributed by atoms with Crippen molar-refractivity contribution in [2.75, 3.05) is 5.32 Å². The summed E-state index contributed by atoms with van der Waals surface area (Å²) >= 11 is 5.88. The Morgan fingerprint density at radius 1 is 1.04 bits per heavy atom. The van der Waals surface area contributed by atoms with E-state index in [-0.39, 0.29) is 28.8 Å². The van der Waals surface area contributed by atoms with Gasteiger partial charge in [0.15, 0.2) is 5.76 Å². The third kappa shape index (κ3) is 4.10. The zero-order chi connectivity index (χ0) is 18.5. The van der Waals surface area contributed by atoms with Crippen LogP contribution in [0.2, 0.25) is 5.02 Å². The Kier molecular flexibility index (Phi) is 5.34. The highest BCUT2D eigenvalue weighted by atomic mass is 35.5. The van der Waals surface area contributed by atoms with Crippen molar-refractivity contribution in [3.63, 3.8) is 0 Å². The van der Waals surface area contributed by atoms with Crippen LogP contribution in [0.5, 0.6) is 0 Å². The van der Waals surface area contributed by atoms with E-state index >= 15 is 0 Å². The van der Waals surface area contributed by atoms with Gasteiger partial charge >= 0.3 is 0 Å². The molecule has 0 spiro atoms. The first-order valence-electron chi connectivity index (χ1n) is 7.70. The summed E-state index contributed by atoms with van der Waals surface area (Å²) in [7, 11) is 0. The molecular formula is C19H14ClFN2O3. The van der Waals surface area contributed by atoms with Crippen LogP contribution in [0.4, 0.5) is 10.1 Å². The predicted molar refractivity (Wildman–Crippen MR) is 95.7 cm³/mol. The van der Waals surface area contributed by atoms with Crippen molar-refractivity contribution >= 4 is 29.1 Å². The molecule has 0 radical (unpaired) electrons. The number of halogens is 2. The second kappa shape index (κ2) is 7.84. The molecule has 132 valence electrons. The van der Waals surface area contributed by atoms with Gasteiger partial charge in [0, 0.05) is 12.2 Å². The number of hydrogen-bond donors (Lipinski definition) is 2. The van der Waals surface area contributed by atoms with Gasteiger partial charge in [-0.05, 0) is 42.0 Å². The molecule has 3 aromatic rings. The van der Waals surface area contributed by atoms with E-state index < -0.39 is 11.7 Å². The van der Waals surface area contributed by atoms with E-state index in [1.165, 1.54) is 24.5 Å². The molecule has 1 heterocycles. The Hall–Kier alpha value is -3.12. The number of carbonyl (C=O) groups excluding carboxylic acids is 2. The molecule has 0 aliphatic heterocycles. The first kappa shape index (κ1) is 17.7. The van der Waals surface area contributed by atoms with Crippen molar-refractivity contribution in [1.29, 1.82) is 0 Å². The van der Waals surface area contributed by atoms with Crippen LogP contribution in [0.15, 0.2) is 65.3 Å². The van der Waals surface area contributed by atoms with Gasteiger partial charge in [-0.25, -0.2) is 4.39 Å². The van der Waals surface area contributed by atoms with Crippen LogP contribution in [0.3, 0.4) is 0 Å². The van der Waals surface area contributed by atoms with Gasteiger partial charge in [-0.2, -0.15) is 0 Å². The highest BCUT2D eigenvalue weighted by molar-refractivity contribution is 6.33. The summed E-state index contributed by atoms with van der Waals surface area (Å²) in [4.78, 5) is 24.1. The monoisotopic (exact) mass is 372 g/mol. The fourth-order valence-electron chi connectivity index (χ4n) is 2.34. The molecule has 0 aliphatic rings. The minimum Gasteiger partial charge on any atom is -0.459 e. The van der Waals surface area contributed by atoms with Crippen molar-refractivity contribution < 1.29 is 18.4 Å². The Bertz CT molecular complexity index is 921. The van der Waals surface area contributed by atoms with E-state index in [1.54, 1.807) is 36.4 Å². The summed E-state index contributed by atoms with van der Waals surface area (Å²) in [6, 6.07) is 14.1. The molecule has 0 atom stereocenters. The molecule has 3 rings (SSSR count). The van der Waals surface area contributed by atoms with Gasteiger partial charge in [0.05, 0.1) is 16.8 Å². The predicted octanol–water partition coefficient (Wildman–Crippen LogP) is 4.25. The van der Waals surface area contributed by atoms with Crippen LogP contribution in [0.1, 0.15) is 26.5 Å². The Morgan fingerprint density at radius 2 is 1.85 bits per heavy atom. The number of amides is 2. The van der Waals surface area contributed by atoms with Crippen molar-refractivity contribution in [2.45, 2.75) is 6.54 Å². The maximum absolute atomic E-state index is 13.8. The van der Waals surface area contributed by atoms with Crippen molar-refractivity contribution in [1.82, 2.24) is 5.32 Å². The number of hydrogen-bond acceptors (Lipinski definition) is 3. The summed E-state index contributed by atoms with van der Waals surface area (Å²) in [5.41, 5.74) is 1.07. The smallest absolute Gasteiger partial charge is 0.291 e. The lowest BCUT2D eigenvalue weighted by atomic mass is 10.1. The molecule has 2 aromatic carbocycles. The number of furan rings is 1. The summed E-state index contributed by atoms with van der Waals surface area (Å²) in [6.45, 7) is 0.147. The molecule has 26 heavy (non-hydrogen) atoms. The number of carbonyl (C=O) groups is 2. The quantitative estimate of drug-likeness (QED) is 0.703. The molecule has 7 heteroatoms. The second-order valence-corrected chi connectivity index (χ2v) is 5.82. The van der Waals surface area contributed by atoms with Crippen molar-refractivity contribution in [2.24, 2.45) is 0 Å². The fourth-order valence-corrected chi connectivity index (χ4v) is 2.59. The molecule has 1 aromatic heterocycles. The van der Waals surface area contributed by atoms with Crippen LogP contribution >= 0.6 is 11.6 Å². The lowest BCUT2D eigenvalue weighted by Crippen LogP contribution is -2.24. The summed E-state index contributed by atoms with van der Waals surface area (Å²) in [5.74, 6) is -1.49. The molecule has 0 aliphatic carbocycles. The van der Waals surface area contributed by atoms with E-state index in [2.05, 4.69) is 10.6 Å². The fraction of sp³-hybridized carbons (Fsp3) is 0.0526. The zero-order valence-corrected chi connectivity index (χ0v) is 14.2. The van der Waals surface area contributed by atoms with Gasteiger partial charge in [0.25, 0.3) is 11.8 Å². The lowest BCUT2D eigenvalue weighted by molar-refractivity contribution is 0.0945. The Labute approximate surface area is 153 Å². The first-order valence-corrected chi connectivity index (χ1v) is 8.08. The van der Waals surface area contributed by atoms with Crippen LogP contribution < -0.4 is 10.6 Å². The second-order valence-electron chi connectivity index (χ2n) is 5.41. The normalized spacial score (nSPS) is 10.4. The Balaban J connectivity index is 1.65. The maximum atomic E-state index is 13.8. The first-order chi connectivity index (χ1) is 12.5. The summed E-state index contributed by atoms with van der Waals surface area (Å²) in [5, 5.41) is 5.35. The van der Waals surface area contributed by atoms with E-state index in [0.717, 1.165) is 5.56 Å². The van der Waals surface area contributed by atoms with Gasteiger partial charge in [-0.15, -0.1) is 0 Å². The number of nitrogens with one attached hydrogen (secondary N) is 2. The molecule has 0 bridgehead atoms. The third-order valence-corrected chi connectivity index (χ3v) is 3.89. The average Bonchev–Trinajstić information content (AvgIpc) is 3.15. The number of rotatable bonds is 5. The molecule has 0 saturated carbocycles. The topological polar surface area (TPSA) is 71.3 Å². The maximum Gasteiger partial charge on any atom is 0.291 e. The van der Waals surface area contributed by atoms with Gasteiger partial charge in [-0.3, -0.25) is 9.59 Å². The summed E-state index contributed by atoms with van der Waals surface area (Å²) < 4.78 is 18.8. The Morgan fingerprint density at radius 3 is 2.58 bits per heavy atom. The summed E-state index contributed by atoms with van der Waals surface area (Å²) in [6.07, 6.45) is 1.41. The van der Waals surface area contributed by atoms with Gasteiger partial charge in [0.2, 0.25) is 0 Å². The van der Waals surface area contributed by atoms with E-state index in [0.29, 0.717) is 5.69 Å². The zero-order valence-electron chi connectivity index (χ0n) is 13.5. The van der Waals surface area contributed by atoms with Crippen LogP contribution in [0, 0.1) is 5.82 Å². The minimum atomic E-state index is -0.686. The standard InChI is InChI=1S/C19H14ClFN2O3/c20-14-6-2-7-15(21)17(14)19(25)22-11-12-4-1-5-13(10-12)23-18(24)16-8-3-9-26-16/h1-10H,11H2,(H,22,25)(H,23,24). The van der Waals surface area contributed by atoms with Crippen molar-refractivity contribution in [3.05, 3.63) is 88.6 Å². The van der Waals surface area contributed by atoms with Gasteiger partial charge in [0.1, 0.15) is 5.82 Å². The third-order valence-electron chi connectivity index (χ3n) is 3.57. The molecular weight excluding hydrogens is 359 g/mol.